The van der Waals surface area contributed by atoms with Crippen molar-refractivity contribution in [3.05, 3.63) is 36.5 Å². The molecule has 3 atom stereocenters. The maximum absolute atomic E-state index is 12.4. The Morgan fingerprint density at radius 2 is 0.840 bits per heavy atom. The standard InChI is InChI=1S/C45H85NO4/c1-3-5-7-9-11-13-15-16-17-18-19-20-21-22-23-24-25-26-27-28-29-30-32-34-36-38-40-44(49)45(50)46-42(41-47)43(48)39-37-35-33-31-14-12-10-8-6-4-2/h6,8,14,31,37,39,42-44,47-49H,3-5,7,9-13,15-30,32-36,38,40-41H2,1-2H3,(H,46,50)/b8-6+,31-14+,39-37+. The van der Waals surface area contributed by atoms with Gasteiger partial charge in [-0.05, 0) is 38.5 Å². The SMILES string of the molecule is CC/C=C/CC/C=C/CC/C=C/C(O)C(CO)NC(=O)C(O)CCCCCCCCCCCCCCCCCCCCCCCCCCCC. The highest BCUT2D eigenvalue weighted by Crippen LogP contribution is 2.16. The zero-order valence-corrected chi connectivity index (χ0v) is 33.3. The van der Waals surface area contributed by atoms with Gasteiger partial charge in [0.05, 0.1) is 18.8 Å². The molecule has 0 rings (SSSR count). The van der Waals surface area contributed by atoms with Crippen LogP contribution in [0.25, 0.3) is 0 Å². The number of amides is 1. The first-order valence-corrected chi connectivity index (χ1v) is 21.8. The first-order chi connectivity index (χ1) is 24.6. The van der Waals surface area contributed by atoms with Crippen LogP contribution in [0.4, 0.5) is 0 Å². The number of hydrogen-bond donors (Lipinski definition) is 4. The van der Waals surface area contributed by atoms with Gasteiger partial charge < -0.3 is 20.6 Å². The number of aliphatic hydroxyl groups excluding tert-OH is 3. The molecule has 1 amide bonds. The minimum atomic E-state index is -1.10. The summed E-state index contributed by atoms with van der Waals surface area (Å²) in [5, 5.41) is 32.9. The van der Waals surface area contributed by atoms with Crippen molar-refractivity contribution in [3.8, 4) is 0 Å². The average Bonchev–Trinajstić information content (AvgIpc) is 3.12. The number of hydrogen-bond acceptors (Lipinski definition) is 4. The van der Waals surface area contributed by atoms with Crippen LogP contribution < -0.4 is 5.32 Å². The Kier molecular flexibility index (Phi) is 39.2. The minimum Gasteiger partial charge on any atom is -0.394 e. The van der Waals surface area contributed by atoms with Crippen molar-refractivity contribution in [1.29, 1.82) is 0 Å². The number of aliphatic hydroxyl groups is 3. The number of rotatable bonds is 39. The van der Waals surface area contributed by atoms with E-state index in [9.17, 15) is 20.1 Å². The number of nitrogens with one attached hydrogen (secondary N) is 1. The molecule has 0 aliphatic carbocycles. The van der Waals surface area contributed by atoms with E-state index >= 15 is 0 Å². The summed E-state index contributed by atoms with van der Waals surface area (Å²) >= 11 is 0. The van der Waals surface area contributed by atoms with Crippen LogP contribution in [0.1, 0.15) is 219 Å². The summed E-state index contributed by atoms with van der Waals surface area (Å²) in [5.41, 5.74) is 0. The van der Waals surface area contributed by atoms with Crippen molar-refractivity contribution in [2.75, 3.05) is 6.61 Å². The second kappa shape index (κ2) is 40.3. The van der Waals surface area contributed by atoms with Gasteiger partial charge in [0.1, 0.15) is 6.10 Å². The molecule has 0 aliphatic heterocycles. The second-order valence-corrected chi connectivity index (χ2v) is 14.9. The lowest BCUT2D eigenvalue weighted by Gasteiger charge is -2.21. The molecular formula is C45H85NO4. The molecule has 0 saturated carbocycles. The van der Waals surface area contributed by atoms with Crippen molar-refractivity contribution in [3.63, 3.8) is 0 Å². The lowest BCUT2D eigenvalue weighted by molar-refractivity contribution is -0.131. The molecule has 4 N–H and O–H groups in total. The summed E-state index contributed by atoms with van der Waals surface area (Å²) in [6, 6.07) is -0.816. The van der Waals surface area contributed by atoms with E-state index in [1.807, 2.05) is 6.08 Å². The van der Waals surface area contributed by atoms with Crippen LogP contribution in [0.3, 0.4) is 0 Å². The van der Waals surface area contributed by atoms with Crippen LogP contribution in [0.15, 0.2) is 36.5 Å². The molecule has 0 spiro atoms. The molecule has 0 saturated heterocycles. The Morgan fingerprint density at radius 1 is 0.500 bits per heavy atom. The van der Waals surface area contributed by atoms with Crippen LogP contribution in [-0.2, 0) is 4.79 Å². The lowest BCUT2D eigenvalue weighted by Crippen LogP contribution is -2.48. The van der Waals surface area contributed by atoms with Gasteiger partial charge in [-0.25, -0.2) is 0 Å². The molecule has 0 radical (unpaired) electrons. The van der Waals surface area contributed by atoms with E-state index in [0.717, 1.165) is 51.4 Å². The first kappa shape index (κ1) is 48.6. The molecule has 0 bridgehead atoms. The fourth-order valence-electron chi connectivity index (χ4n) is 6.58. The Morgan fingerprint density at radius 3 is 1.20 bits per heavy atom. The fraction of sp³-hybridized carbons (Fsp3) is 0.844. The Labute approximate surface area is 311 Å². The first-order valence-electron chi connectivity index (χ1n) is 21.8. The summed E-state index contributed by atoms with van der Waals surface area (Å²) < 4.78 is 0. The van der Waals surface area contributed by atoms with Crippen molar-refractivity contribution in [2.24, 2.45) is 0 Å². The molecule has 0 aromatic rings. The fourth-order valence-corrected chi connectivity index (χ4v) is 6.58. The van der Waals surface area contributed by atoms with Gasteiger partial charge in [-0.2, -0.15) is 0 Å². The number of carbonyl (C=O) groups excluding carboxylic acids is 1. The molecule has 0 aromatic heterocycles. The van der Waals surface area contributed by atoms with Gasteiger partial charge in [0.2, 0.25) is 5.91 Å². The van der Waals surface area contributed by atoms with E-state index in [1.54, 1.807) is 6.08 Å². The summed E-state index contributed by atoms with van der Waals surface area (Å²) in [4.78, 5) is 12.4. The third-order valence-corrected chi connectivity index (χ3v) is 9.97. The lowest BCUT2D eigenvalue weighted by atomic mass is 10.0. The Hall–Kier alpha value is -1.43. The predicted molar refractivity (Wildman–Crippen MR) is 218 cm³/mol. The summed E-state index contributed by atoms with van der Waals surface area (Å²) in [7, 11) is 0. The maximum Gasteiger partial charge on any atom is 0.249 e. The highest BCUT2D eigenvalue weighted by atomic mass is 16.3. The largest absolute Gasteiger partial charge is 0.394 e. The van der Waals surface area contributed by atoms with E-state index in [0.29, 0.717) is 6.42 Å². The highest BCUT2D eigenvalue weighted by molar-refractivity contribution is 5.80. The van der Waals surface area contributed by atoms with Crippen LogP contribution in [0.5, 0.6) is 0 Å². The smallest absolute Gasteiger partial charge is 0.249 e. The molecule has 294 valence electrons. The third-order valence-electron chi connectivity index (χ3n) is 9.97. The average molecular weight is 704 g/mol. The van der Waals surface area contributed by atoms with Gasteiger partial charge in [0, 0.05) is 0 Å². The molecule has 0 fully saturated rings. The normalized spacial score (nSPS) is 13.9. The molecule has 5 heteroatoms. The number of unbranched alkanes of at least 4 members (excludes halogenated alkanes) is 27. The Balaban J connectivity index is 3.55. The quantitative estimate of drug-likeness (QED) is 0.0379. The summed E-state index contributed by atoms with van der Waals surface area (Å²) in [5.74, 6) is -0.517. The molecule has 0 aromatic carbocycles. The maximum atomic E-state index is 12.4. The van der Waals surface area contributed by atoms with Gasteiger partial charge in [-0.1, -0.05) is 217 Å². The predicted octanol–water partition coefficient (Wildman–Crippen LogP) is 12.4. The Bertz CT molecular complexity index is 779. The molecule has 5 nitrogen and oxygen atoms in total. The van der Waals surface area contributed by atoms with E-state index in [1.165, 1.54) is 148 Å². The molecule has 0 aliphatic rings. The van der Waals surface area contributed by atoms with Crippen molar-refractivity contribution in [2.45, 2.75) is 238 Å². The van der Waals surface area contributed by atoms with Gasteiger partial charge in [0.15, 0.2) is 0 Å². The number of allylic oxidation sites excluding steroid dienone is 5. The molecule has 3 unspecified atom stereocenters. The van der Waals surface area contributed by atoms with Crippen LogP contribution in [0.2, 0.25) is 0 Å². The molecule has 50 heavy (non-hydrogen) atoms. The number of carbonyl (C=O) groups is 1. The van der Waals surface area contributed by atoms with Gasteiger partial charge in [-0.15, -0.1) is 0 Å². The van der Waals surface area contributed by atoms with E-state index in [2.05, 4.69) is 43.5 Å². The van der Waals surface area contributed by atoms with Crippen LogP contribution in [0, 0.1) is 0 Å². The second-order valence-electron chi connectivity index (χ2n) is 14.9. The van der Waals surface area contributed by atoms with E-state index < -0.39 is 24.2 Å². The van der Waals surface area contributed by atoms with Gasteiger partial charge >= 0.3 is 0 Å². The van der Waals surface area contributed by atoms with Crippen molar-refractivity contribution in [1.82, 2.24) is 5.32 Å². The van der Waals surface area contributed by atoms with Gasteiger partial charge in [0.25, 0.3) is 0 Å². The van der Waals surface area contributed by atoms with Crippen LogP contribution in [-0.4, -0.2) is 46.1 Å². The zero-order chi connectivity index (χ0) is 36.6. The van der Waals surface area contributed by atoms with E-state index in [-0.39, 0.29) is 6.61 Å². The summed E-state index contributed by atoms with van der Waals surface area (Å²) in [6.45, 7) is 4.04. The van der Waals surface area contributed by atoms with Crippen molar-refractivity contribution < 1.29 is 20.1 Å². The topological polar surface area (TPSA) is 89.8 Å². The monoisotopic (exact) mass is 704 g/mol. The van der Waals surface area contributed by atoms with Gasteiger partial charge in [-0.3, -0.25) is 4.79 Å². The van der Waals surface area contributed by atoms with Crippen molar-refractivity contribution >= 4 is 5.91 Å². The highest BCUT2D eigenvalue weighted by Gasteiger charge is 2.22. The van der Waals surface area contributed by atoms with Crippen LogP contribution >= 0.6 is 0 Å². The minimum absolute atomic E-state index is 0.380. The zero-order valence-electron chi connectivity index (χ0n) is 33.3. The molecular weight excluding hydrogens is 618 g/mol. The van der Waals surface area contributed by atoms with E-state index in [4.69, 9.17) is 0 Å². The summed E-state index contributed by atoms with van der Waals surface area (Å²) in [6.07, 6.45) is 50.6. The molecule has 0 heterocycles. The third kappa shape index (κ3) is 35.0.